The number of aliphatic carboxylic acids is 1. The average molecular weight is 795 g/mol. The highest BCUT2D eigenvalue weighted by Crippen LogP contribution is 2.42. The molecule has 0 unspecified atom stereocenters. The number of anilines is 4. The van der Waals surface area contributed by atoms with E-state index >= 15 is 0 Å². The smallest absolute Gasteiger partial charge is 0.309 e. The number of carboxylic acids is 1. The Morgan fingerprint density at radius 1 is 0.759 bits per heavy atom. The number of esters is 1. The second-order valence-corrected chi connectivity index (χ2v) is 16.7. The second kappa shape index (κ2) is 14.5. The molecule has 2 atom stereocenters. The zero-order chi connectivity index (χ0) is 36.8. The number of carbonyl (C=O) groups is 2. The first-order valence-electron chi connectivity index (χ1n) is 17.3. The summed E-state index contributed by atoms with van der Waals surface area (Å²) in [6.07, 6.45) is 7.45. The lowest BCUT2D eigenvalue weighted by Gasteiger charge is -2.20. The van der Waals surface area contributed by atoms with E-state index in [9.17, 15) is 14.7 Å². The van der Waals surface area contributed by atoms with Crippen molar-refractivity contribution in [2.75, 3.05) is 17.2 Å². The summed E-state index contributed by atoms with van der Waals surface area (Å²) >= 11 is 5.96. The number of benzene rings is 2. The summed E-state index contributed by atoms with van der Waals surface area (Å²) in [6.45, 7) is 2.27. The molecule has 0 amide bonds. The Hall–Kier alpha value is -5.30. The zero-order valence-electron chi connectivity index (χ0n) is 28.6. The van der Waals surface area contributed by atoms with Gasteiger partial charge in [-0.25, -0.2) is 19.9 Å². The fraction of sp³-hybridized carbons (Fsp3) is 0.278. The first kappa shape index (κ1) is 34.5. The summed E-state index contributed by atoms with van der Waals surface area (Å²) in [6, 6.07) is 11.9. The number of ether oxygens (including phenoxy) is 1. The van der Waals surface area contributed by atoms with Crippen molar-refractivity contribution in [1.82, 2.24) is 39.1 Å². The van der Waals surface area contributed by atoms with Crippen LogP contribution in [0.2, 0.25) is 0 Å². The molecule has 6 aromatic heterocycles. The number of fused-ring (bicyclic) bond motifs is 8. The maximum absolute atomic E-state index is 12.1. The molecular formula is C36H30N10O4S4. The summed E-state index contributed by atoms with van der Waals surface area (Å²) in [5.41, 5.74) is 6.07. The number of rotatable bonds is 7. The maximum atomic E-state index is 12.1. The van der Waals surface area contributed by atoms with Crippen LogP contribution in [0.5, 0.6) is 0 Å². The van der Waals surface area contributed by atoms with E-state index in [-0.39, 0.29) is 17.8 Å². The third-order valence-electron chi connectivity index (χ3n) is 9.68. The van der Waals surface area contributed by atoms with Crippen molar-refractivity contribution in [2.45, 2.75) is 45.4 Å². The third kappa shape index (κ3) is 6.59. The predicted molar refractivity (Wildman–Crippen MR) is 212 cm³/mol. The van der Waals surface area contributed by atoms with Crippen LogP contribution in [0.1, 0.15) is 40.6 Å². The van der Waals surface area contributed by atoms with Crippen LogP contribution >= 0.6 is 45.7 Å². The number of aromatic nitrogens is 8. The van der Waals surface area contributed by atoms with Gasteiger partial charge < -0.3 is 20.5 Å². The number of carboxylic acid groups (broad SMARTS) is 1. The van der Waals surface area contributed by atoms with E-state index in [1.54, 1.807) is 35.3 Å². The van der Waals surface area contributed by atoms with Crippen LogP contribution in [0.15, 0.2) is 49.1 Å². The lowest BCUT2D eigenvalue weighted by molar-refractivity contribution is -0.148. The van der Waals surface area contributed by atoms with E-state index in [0.29, 0.717) is 25.9 Å². The highest BCUT2D eigenvalue weighted by atomic mass is 32.1. The van der Waals surface area contributed by atoms with Gasteiger partial charge in [0.05, 0.1) is 38.6 Å². The van der Waals surface area contributed by atoms with Gasteiger partial charge in [-0.2, -0.15) is 0 Å². The molecule has 18 heteroatoms. The first-order chi connectivity index (χ1) is 26.4. The molecule has 0 fully saturated rings. The molecule has 54 heavy (non-hydrogen) atoms. The number of thiophene rings is 2. The van der Waals surface area contributed by atoms with E-state index in [0.717, 1.165) is 88.0 Å². The quantitative estimate of drug-likeness (QED) is 0.133. The Bertz CT molecular complexity index is 2710. The molecule has 2 aliphatic rings. The Labute approximate surface area is 323 Å². The lowest BCUT2D eigenvalue weighted by atomic mass is 9.88. The number of hydrogen-bond donors (Lipinski definition) is 3. The van der Waals surface area contributed by atoms with Crippen LogP contribution in [-0.2, 0) is 40.0 Å². The minimum atomic E-state index is -0.719. The van der Waals surface area contributed by atoms with Crippen LogP contribution in [0.4, 0.5) is 23.0 Å². The third-order valence-corrected chi connectivity index (χ3v) is 13.4. The van der Waals surface area contributed by atoms with Gasteiger partial charge in [0.15, 0.2) is 0 Å². The Morgan fingerprint density at radius 3 is 1.80 bits per heavy atom. The van der Waals surface area contributed by atoms with Crippen molar-refractivity contribution >= 4 is 122 Å². The number of carbonyl (C=O) groups excluding carboxylic acids is 1. The van der Waals surface area contributed by atoms with Crippen LogP contribution in [0.3, 0.4) is 0 Å². The van der Waals surface area contributed by atoms with E-state index in [2.05, 4.69) is 49.7 Å². The van der Waals surface area contributed by atoms with E-state index in [1.807, 2.05) is 43.3 Å². The van der Waals surface area contributed by atoms with Crippen molar-refractivity contribution in [1.29, 1.82) is 0 Å². The van der Waals surface area contributed by atoms with Gasteiger partial charge in [0.25, 0.3) is 0 Å². The molecule has 0 radical (unpaired) electrons. The molecule has 272 valence electrons. The van der Waals surface area contributed by atoms with Gasteiger partial charge >= 0.3 is 11.9 Å². The molecule has 2 aromatic carbocycles. The summed E-state index contributed by atoms with van der Waals surface area (Å²) in [5, 5.41) is 26.3. The van der Waals surface area contributed by atoms with Crippen molar-refractivity contribution < 1.29 is 19.4 Å². The molecule has 0 saturated heterocycles. The molecule has 0 saturated carbocycles. The summed E-state index contributed by atoms with van der Waals surface area (Å²) in [7, 11) is 0. The van der Waals surface area contributed by atoms with Crippen LogP contribution in [0.25, 0.3) is 40.9 Å². The monoisotopic (exact) mass is 794 g/mol. The average Bonchev–Trinajstić information content (AvgIpc) is 3.99. The highest BCUT2D eigenvalue weighted by molar-refractivity contribution is 7.19. The van der Waals surface area contributed by atoms with Crippen molar-refractivity contribution in [3.63, 3.8) is 0 Å². The lowest BCUT2D eigenvalue weighted by Crippen LogP contribution is -2.23. The van der Waals surface area contributed by atoms with E-state index in [4.69, 9.17) is 4.74 Å². The van der Waals surface area contributed by atoms with Gasteiger partial charge in [0, 0.05) is 21.1 Å². The number of aryl methyl sites for hydroxylation is 2. The molecule has 14 nitrogen and oxygen atoms in total. The predicted octanol–water partition coefficient (Wildman–Crippen LogP) is 7.74. The minimum absolute atomic E-state index is 0.0638. The fourth-order valence-electron chi connectivity index (χ4n) is 7.07. The Balaban J connectivity index is 0.000000143. The minimum Gasteiger partial charge on any atom is -0.481 e. The molecule has 6 heterocycles. The molecule has 3 N–H and O–H groups in total. The summed E-state index contributed by atoms with van der Waals surface area (Å²) in [4.78, 5) is 45.5. The molecule has 0 bridgehead atoms. The van der Waals surface area contributed by atoms with Gasteiger partial charge in [-0.1, -0.05) is 8.98 Å². The highest BCUT2D eigenvalue weighted by Gasteiger charge is 2.31. The standard InChI is InChI=1S/C19H17N5O2S2.C17H13N5O2S2/c1-2-26-19(25)10-3-5-12-14(7-10)27-18-16(12)17(20-9-21-18)22-11-4-6-13-15(8-11)28-24-23-13;23-17(24)8-1-3-10-12(5-8)25-16-14(10)15(18-7-19-16)20-9-2-4-11-13(6-9)26-22-21-11/h4,6,8-10H,2-3,5,7H2,1H3,(H,20,21,22);2,4,6-8H,1,3,5H2,(H,23,24)(H,18,19,20)/t10-;8-/m00/s1. The SMILES string of the molecule is CCOC(=O)[C@H]1CCc2c(sc3ncnc(Nc4ccc5nnsc5c4)c23)C1.O=C(O)[C@H]1CCc2c(sc3ncnc(Nc4ccc5nnsc5c4)c23)C1. The molecule has 0 aliphatic heterocycles. The number of nitrogens with one attached hydrogen (secondary N) is 2. The van der Waals surface area contributed by atoms with E-state index in [1.165, 1.54) is 39.1 Å². The van der Waals surface area contributed by atoms with Gasteiger partial charge in [-0.15, -0.1) is 32.9 Å². The van der Waals surface area contributed by atoms with Gasteiger partial charge in [0.2, 0.25) is 0 Å². The molecular weight excluding hydrogens is 765 g/mol. The fourth-order valence-corrected chi connectivity index (χ4v) is 10.8. The van der Waals surface area contributed by atoms with Crippen molar-refractivity contribution in [2.24, 2.45) is 11.8 Å². The first-order valence-corrected chi connectivity index (χ1v) is 20.5. The zero-order valence-corrected chi connectivity index (χ0v) is 31.9. The van der Waals surface area contributed by atoms with Gasteiger partial charge in [-0.3, -0.25) is 9.59 Å². The van der Waals surface area contributed by atoms with Crippen LogP contribution in [-0.4, -0.2) is 62.8 Å². The topological polar surface area (TPSA) is 191 Å². The van der Waals surface area contributed by atoms with Gasteiger partial charge in [0.1, 0.15) is 45.0 Å². The van der Waals surface area contributed by atoms with Crippen LogP contribution < -0.4 is 10.6 Å². The normalized spacial score (nSPS) is 16.5. The van der Waals surface area contributed by atoms with Crippen LogP contribution in [0, 0.1) is 11.8 Å². The Morgan fingerprint density at radius 2 is 1.28 bits per heavy atom. The van der Waals surface area contributed by atoms with Crippen molar-refractivity contribution in [3.8, 4) is 0 Å². The molecule has 0 spiro atoms. The second-order valence-electron chi connectivity index (χ2n) is 12.9. The van der Waals surface area contributed by atoms with E-state index < -0.39 is 5.97 Å². The largest absolute Gasteiger partial charge is 0.481 e. The summed E-state index contributed by atoms with van der Waals surface area (Å²) < 4.78 is 15.2. The molecule has 10 rings (SSSR count). The number of hydrogen-bond acceptors (Lipinski definition) is 17. The Kier molecular flexibility index (Phi) is 9.26. The van der Waals surface area contributed by atoms with Crippen molar-refractivity contribution in [3.05, 3.63) is 69.9 Å². The van der Waals surface area contributed by atoms with Gasteiger partial charge in [-0.05, 0) is 116 Å². The molecule has 8 aromatic rings. The molecule has 2 aliphatic carbocycles. The maximum Gasteiger partial charge on any atom is 0.309 e. The summed E-state index contributed by atoms with van der Waals surface area (Å²) in [5.74, 6) is 0.379. The number of nitrogens with zero attached hydrogens (tertiary/aromatic N) is 8.